The Kier molecular flexibility index (Phi) is 5.27. The maximum absolute atomic E-state index is 12.5. The molecule has 1 aromatic rings. The van der Waals surface area contributed by atoms with E-state index in [1.54, 1.807) is 0 Å². The molecule has 7 heteroatoms. The van der Waals surface area contributed by atoms with Gasteiger partial charge in [-0.2, -0.15) is 4.98 Å². The number of nitrogens with zero attached hydrogens (tertiary/aromatic N) is 2. The zero-order chi connectivity index (χ0) is 16.2. The Morgan fingerprint density at radius 1 is 1.22 bits per heavy atom. The molecule has 1 amide bonds. The number of ether oxygens (including phenoxy) is 2. The molecule has 2 aliphatic heterocycles. The van der Waals surface area contributed by atoms with Gasteiger partial charge in [0.2, 0.25) is 11.8 Å². The molecular weight excluding hydrogens is 298 g/mol. The van der Waals surface area contributed by atoms with Crippen LogP contribution < -0.4 is 5.32 Å². The lowest BCUT2D eigenvalue weighted by molar-refractivity contribution is -0.131. The van der Waals surface area contributed by atoms with E-state index < -0.39 is 0 Å². The Morgan fingerprint density at radius 2 is 2.00 bits per heavy atom. The molecule has 2 saturated heterocycles. The number of hydrogen-bond donors (Lipinski definition) is 1. The normalized spacial score (nSPS) is 24.0. The Bertz CT molecular complexity index is 519. The van der Waals surface area contributed by atoms with Gasteiger partial charge < -0.3 is 19.3 Å². The summed E-state index contributed by atoms with van der Waals surface area (Å²) in [5.41, 5.74) is 0. The zero-order valence-corrected chi connectivity index (χ0v) is 13.8. The van der Waals surface area contributed by atoms with Crippen LogP contribution in [-0.4, -0.2) is 42.0 Å². The minimum atomic E-state index is -0.357. The van der Waals surface area contributed by atoms with E-state index in [1.165, 1.54) is 0 Å². The van der Waals surface area contributed by atoms with E-state index in [0.29, 0.717) is 31.5 Å². The molecule has 0 bridgehead atoms. The second-order valence-electron chi connectivity index (χ2n) is 6.58. The SMILES string of the molecule is CC(C)c1noc([C@H](NC(=O)[C@@H]2CCCO2)C2CCOCC2)n1. The van der Waals surface area contributed by atoms with Crippen molar-refractivity contribution in [3.63, 3.8) is 0 Å². The van der Waals surface area contributed by atoms with Gasteiger partial charge in [-0.15, -0.1) is 0 Å². The van der Waals surface area contributed by atoms with Crippen molar-refractivity contribution in [1.82, 2.24) is 15.5 Å². The molecule has 1 N–H and O–H groups in total. The summed E-state index contributed by atoms with van der Waals surface area (Å²) in [6.07, 6.45) is 3.09. The summed E-state index contributed by atoms with van der Waals surface area (Å²) in [5, 5.41) is 7.12. The Hall–Kier alpha value is -1.47. The Labute approximate surface area is 136 Å². The molecule has 0 radical (unpaired) electrons. The molecular formula is C16H25N3O4. The van der Waals surface area contributed by atoms with Gasteiger partial charge in [0.15, 0.2) is 5.82 Å². The molecule has 2 fully saturated rings. The standard InChI is InChI=1S/C16H25N3O4/c1-10(2)14-18-16(23-19-14)13(11-5-8-21-9-6-11)17-15(20)12-4-3-7-22-12/h10-13H,3-9H2,1-2H3,(H,17,20)/t12-,13+/m0/s1. The lowest BCUT2D eigenvalue weighted by Crippen LogP contribution is -2.41. The van der Waals surface area contributed by atoms with Crippen LogP contribution in [0.5, 0.6) is 0 Å². The first-order valence-corrected chi connectivity index (χ1v) is 8.48. The van der Waals surface area contributed by atoms with E-state index in [0.717, 1.165) is 25.7 Å². The van der Waals surface area contributed by atoms with Crippen LogP contribution in [0.1, 0.15) is 63.2 Å². The lowest BCUT2D eigenvalue weighted by Gasteiger charge is -2.29. The fourth-order valence-corrected chi connectivity index (χ4v) is 3.07. The third-order valence-corrected chi connectivity index (χ3v) is 4.50. The molecule has 0 saturated carbocycles. The second-order valence-corrected chi connectivity index (χ2v) is 6.58. The molecule has 0 spiro atoms. The quantitative estimate of drug-likeness (QED) is 0.891. The third kappa shape index (κ3) is 3.90. The number of carbonyl (C=O) groups excluding carboxylic acids is 1. The maximum Gasteiger partial charge on any atom is 0.249 e. The van der Waals surface area contributed by atoms with Crippen molar-refractivity contribution in [2.24, 2.45) is 5.92 Å². The second kappa shape index (κ2) is 7.40. The largest absolute Gasteiger partial charge is 0.381 e. The van der Waals surface area contributed by atoms with Crippen LogP contribution in [0.4, 0.5) is 0 Å². The zero-order valence-electron chi connectivity index (χ0n) is 13.8. The number of carbonyl (C=O) groups is 1. The monoisotopic (exact) mass is 323 g/mol. The molecule has 1 aromatic heterocycles. The highest BCUT2D eigenvalue weighted by Gasteiger charge is 2.34. The molecule has 128 valence electrons. The molecule has 3 heterocycles. The lowest BCUT2D eigenvalue weighted by atomic mass is 9.91. The first kappa shape index (κ1) is 16.4. The summed E-state index contributed by atoms with van der Waals surface area (Å²) in [7, 11) is 0. The van der Waals surface area contributed by atoms with E-state index in [2.05, 4.69) is 15.5 Å². The highest BCUT2D eigenvalue weighted by molar-refractivity contribution is 5.81. The van der Waals surface area contributed by atoms with E-state index in [4.69, 9.17) is 14.0 Å². The van der Waals surface area contributed by atoms with Crippen molar-refractivity contribution >= 4 is 5.91 Å². The predicted molar refractivity (Wildman–Crippen MR) is 81.8 cm³/mol. The van der Waals surface area contributed by atoms with Crippen LogP contribution in [0.3, 0.4) is 0 Å². The Balaban J connectivity index is 1.75. The van der Waals surface area contributed by atoms with Crippen LogP contribution in [0.15, 0.2) is 4.52 Å². The topological polar surface area (TPSA) is 86.5 Å². The van der Waals surface area contributed by atoms with Gasteiger partial charge in [-0.1, -0.05) is 19.0 Å². The average molecular weight is 323 g/mol. The fourth-order valence-electron chi connectivity index (χ4n) is 3.07. The number of nitrogens with one attached hydrogen (secondary N) is 1. The number of rotatable bonds is 5. The van der Waals surface area contributed by atoms with Crippen LogP contribution in [0.2, 0.25) is 0 Å². The highest BCUT2D eigenvalue weighted by atomic mass is 16.5. The highest BCUT2D eigenvalue weighted by Crippen LogP contribution is 2.30. The summed E-state index contributed by atoms with van der Waals surface area (Å²) < 4.78 is 16.4. The molecule has 3 rings (SSSR count). The smallest absolute Gasteiger partial charge is 0.249 e. The minimum Gasteiger partial charge on any atom is -0.381 e. The first-order valence-electron chi connectivity index (χ1n) is 8.48. The molecule has 2 atom stereocenters. The molecule has 2 aliphatic rings. The molecule has 0 aliphatic carbocycles. The van der Waals surface area contributed by atoms with Crippen LogP contribution in [0, 0.1) is 5.92 Å². The van der Waals surface area contributed by atoms with E-state index >= 15 is 0 Å². The third-order valence-electron chi connectivity index (χ3n) is 4.50. The van der Waals surface area contributed by atoms with Crippen molar-refractivity contribution in [3.05, 3.63) is 11.7 Å². The van der Waals surface area contributed by atoms with Crippen LogP contribution >= 0.6 is 0 Å². The summed E-state index contributed by atoms with van der Waals surface area (Å²) >= 11 is 0. The first-order chi connectivity index (χ1) is 11.1. The van der Waals surface area contributed by atoms with Gasteiger partial charge >= 0.3 is 0 Å². The van der Waals surface area contributed by atoms with Gasteiger partial charge in [-0.3, -0.25) is 4.79 Å². The van der Waals surface area contributed by atoms with Crippen LogP contribution in [0.25, 0.3) is 0 Å². The molecule has 7 nitrogen and oxygen atoms in total. The van der Waals surface area contributed by atoms with Crippen molar-refractivity contribution in [2.75, 3.05) is 19.8 Å². The number of amides is 1. The summed E-state index contributed by atoms with van der Waals surface area (Å²) in [6, 6.07) is -0.268. The molecule has 0 aromatic carbocycles. The van der Waals surface area contributed by atoms with Crippen LogP contribution in [-0.2, 0) is 14.3 Å². The summed E-state index contributed by atoms with van der Waals surface area (Å²) in [6.45, 7) is 6.08. The van der Waals surface area contributed by atoms with Crippen molar-refractivity contribution in [1.29, 1.82) is 0 Å². The van der Waals surface area contributed by atoms with Crippen molar-refractivity contribution in [2.45, 2.75) is 57.6 Å². The predicted octanol–water partition coefficient (Wildman–Crippen LogP) is 1.96. The van der Waals surface area contributed by atoms with E-state index in [-0.39, 0.29) is 29.9 Å². The number of aromatic nitrogens is 2. The summed E-state index contributed by atoms with van der Waals surface area (Å²) in [5.74, 6) is 1.52. The number of hydrogen-bond acceptors (Lipinski definition) is 6. The fraction of sp³-hybridized carbons (Fsp3) is 0.812. The molecule has 23 heavy (non-hydrogen) atoms. The van der Waals surface area contributed by atoms with Crippen molar-refractivity contribution in [3.8, 4) is 0 Å². The van der Waals surface area contributed by atoms with E-state index in [1.807, 2.05) is 13.8 Å². The van der Waals surface area contributed by atoms with E-state index in [9.17, 15) is 4.79 Å². The maximum atomic E-state index is 12.5. The minimum absolute atomic E-state index is 0.0803. The van der Waals surface area contributed by atoms with Gasteiger partial charge in [-0.25, -0.2) is 0 Å². The average Bonchev–Trinajstić information content (AvgIpc) is 3.24. The van der Waals surface area contributed by atoms with Gasteiger partial charge in [0.1, 0.15) is 12.1 Å². The Morgan fingerprint density at radius 3 is 2.61 bits per heavy atom. The summed E-state index contributed by atoms with van der Waals surface area (Å²) in [4.78, 5) is 16.9. The van der Waals surface area contributed by atoms with Gasteiger partial charge in [0.05, 0.1) is 0 Å². The van der Waals surface area contributed by atoms with Crippen molar-refractivity contribution < 1.29 is 18.8 Å². The molecule has 0 unspecified atom stereocenters. The van der Waals surface area contributed by atoms with Gasteiger partial charge in [-0.05, 0) is 31.6 Å². The van der Waals surface area contributed by atoms with Gasteiger partial charge in [0, 0.05) is 25.7 Å². The van der Waals surface area contributed by atoms with Gasteiger partial charge in [0.25, 0.3) is 0 Å².